The summed E-state index contributed by atoms with van der Waals surface area (Å²) in [5, 5.41) is 20.0. The van der Waals surface area contributed by atoms with Crippen molar-refractivity contribution < 1.29 is 14.6 Å². The molecule has 1 heterocycles. The molecule has 0 amide bonds. The molecule has 0 aliphatic heterocycles. The van der Waals surface area contributed by atoms with Crippen LogP contribution in [0, 0.1) is 0 Å². The van der Waals surface area contributed by atoms with Gasteiger partial charge in [-0.05, 0) is 22.6 Å². The molecule has 1 aromatic carbocycles. The molecule has 0 saturated carbocycles. The predicted molar refractivity (Wildman–Crippen MR) is 79.0 cm³/mol. The molecule has 0 radical (unpaired) electrons. The molecule has 0 bridgehead atoms. The Morgan fingerprint density at radius 1 is 1.43 bits per heavy atom. The van der Waals surface area contributed by atoms with Crippen molar-refractivity contribution in [2.24, 2.45) is 0 Å². The van der Waals surface area contributed by atoms with Gasteiger partial charge in [0.2, 0.25) is 0 Å². The van der Waals surface area contributed by atoms with Crippen molar-refractivity contribution in [1.29, 1.82) is 0 Å². The largest absolute Gasteiger partial charge is 0.478 e. The Morgan fingerprint density at radius 3 is 2.81 bits per heavy atom. The van der Waals surface area contributed by atoms with Gasteiger partial charge in [-0.1, -0.05) is 35.3 Å². The van der Waals surface area contributed by atoms with Crippen LogP contribution >= 0.6 is 35.8 Å². The van der Waals surface area contributed by atoms with E-state index in [0.29, 0.717) is 11.6 Å². The number of rotatable bonds is 6. The Hall–Kier alpha value is -1.51. The fraction of sp³-hybridized carbons (Fsp3) is 0.273. The Kier molecular flexibility index (Phi) is 4.92. The first-order valence-corrected chi connectivity index (χ1v) is 7.07. The van der Waals surface area contributed by atoms with Crippen molar-refractivity contribution in [1.82, 2.24) is 20.2 Å². The number of para-hydroxylation sites is 1. The van der Waals surface area contributed by atoms with Gasteiger partial charge in [0.25, 0.3) is 4.52 Å². The van der Waals surface area contributed by atoms with E-state index in [1.165, 1.54) is 16.8 Å². The Labute approximate surface area is 135 Å². The second kappa shape index (κ2) is 6.50. The minimum Gasteiger partial charge on any atom is -0.478 e. The lowest BCUT2D eigenvalue weighted by atomic mass is 10.2. The SMILES string of the molecule is O=C(O)c1ccccc1OC(Cl)(Cl)Cn1nnnc1CS. The van der Waals surface area contributed by atoms with Crippen LogP contribution in [-0.4, -0.2) is 35.8 Å². The van der Waals surface area contributed by atoms with Crippen molar-refractivity contribution in [3.63, 3.8) is 0 Å². The molecule has 10 heteroatoms. The summed E-state index contributed by atoms with van der Waals surface area (Å²) in [5.41, 5.74) is -0.0469. The summed E-state index contributed by atoms with van der Waals surface area (Å²) in [6.45, 7) is -0.0903. The number of benzene rings is 1. The van der Waals surface area contributed by atoms with Gasteiger partial charge in [0.05, 0.1) is 5.75 Å². The number of hydrogen-bond acceptors (Lipinski definition) is 6. The van der Waals surface area contributed by atoms with Gasteiger partial charge >= 0.3 is 5.97 Å². The highest BCUT2D eigenvalue weighted by Gasteiger charge is 2.30. The number of carboxylic acid groups (broad SMARTS) is 1. The minimum atomic E-state index is -1.74. The van der Waals surface area contributed by atoms with Gasteiger partial charge < -0.3 is 9.84 Å². The normalized spacial score (nSPS) is 11.4. The van der Waals surface area contributed by atoms with Crippen LogP contribution in [-0.2, 0) is 12.3 Å². The number of hydrogen-bond donors (Lipinski definition) is 2. The first-order chi connectivity index (χ1) is 9.93. The van der Waals surface area contributed by atoms with Gasteiger partial charge in [-0.15, -0.1) is 5.10 Å². The number of aromatic nitrogens is 4. The average Bonchev–Trinajstić information content (AvgIpc) is 2.84. The molecule has 0 saturated heterocycles. The number of tetrazole rings is 1. The first-order valence-electron chi connectivity index (χ1n) is 5.68. The van der Waals surface area contributed by atoms with Gasteiger partial charge in [-0.25, -0.2) is 9.48 Å². The highest BCUT2D eigenvalue weighted by atomic mass is 35.5. The van der Waals surface area contributed by atoms with Crippen LogP contribution in [0.15, 0.2) is 24.3 Å². The molecule has 0 spiro atoms. The number of ether oxygens (including phenoxy) is 1. The molecule has 0 fully saturated rings. The van der Waals surface area contributed by atoms with E-state index in [-0.39, 0.29) is 17.9 Å². The number of halogens is 2. The molecule has 1 aromatic heterocycles. The molecule has 0 atom stereocenters. The number of alkyl halides is 2. The molecule has 21 heavy (non-hydrogen) atoms. The van der Waals surface area contributed by atoms with E-state index < -0.39 is 10.5 Å². The highest BCUT2D eigenvalue weighted by molar-refractivity contribution is 7.79. The zero-order valence-corrected chi connectivity index (χ0v) is 12.9. The molecule has 7 nitrogen and oxygen atoms in total. The van der Waals surface area contributed by atoms with Gasteiger partial charge in [0, 0.05) is 0 Å². The summed E-state index contributed by atoms with van der Waals surface area (Å²) in [5.74, 6) is -0.342. The summed E-state index contributed by atoms with van der Waals surface area (Å²) in [4.78, 5) is 11.1. The maximum absolute atomic E-state index is 11.1. The smallest absolute Gasteiger partial charge is 0.339 e. The zero-order chi connectivity index (χ0) is 15.5. The lowest BCUT2D eigenvalue weighted by Gasteiger charge is -2.22. The van der Waals surface area contributed by atoms with E-state index in [1.54, 1.807) is 12.1 Å². The molecule has 2 rings (SSSR count). The van der Waals surface area contributed by atoms with Crippen LogP contribution in [0.5, 0.6) is 5.75 Å². The summed E-state index contributed by atoms with van der Waals surface area (Å²) in [6.07, 6.45) is 0. The monoisotopic (exact) mass is 348 g/mol. The van der Waals surface area contributed by atoms with Crippen LogP contribution in [0.4, 0.5) is 0 Å². The van der Waals surface area contributed by atoms with E-state index in [1.807, 2.05) is 0 Å². The van der Waals surface area contributed by atoms with Gasteiger partial charge in [-0.2, -0.15) is 12.6 Å². The number of aromatic carboxylic acids is 1. The van der Waals surface area contributed by atoms with Crippen molar-refractivity contribution >= 4 is 41.8 Å². The van der Waals surface area contributed by atoms with Crippen LogP contribution in [0.2, 0.25) is 0 Å². The number of carboxylic acids is 1. The molecular weight excluding hydrogens is 339 g/mol. The van der Waals surface area contributed by atoms with Gasteiger partial charge in [0.15, 0.2) is 5.82 Å². The lowest BCUT2D eigenvalue weighted by molar-refractivity contribution is 0.0689. The van der Waals surface area contributed by atoms with E-state index in [9.17, 15) is 4.79 Å². The summed E-state index contributed by atoms with van der Waals surface area (Å²) < 4.78 is 4.97. The molecule has 2 aromatic rings. The third kappa shape index (κ3) is 3.99. The Balaban J connectivity index is 2.20. The Morgan fingerprint density at radius 2 is 2.14 bits per heavy atom. The topological polar surface area (TPSA) is 90.1 Å². The zero-order valence-electron chi connectivity index (χ0n) is 10.5. The Bertz CT molecular complexity index is 650. The summed E-state index contributed by atoms with van der Waals surface area (Å²) >= 11 is 16.2. The average molecular weight is 349 g/mol. The predicted octanol–water partition coefficient (Wildman–Crippen LogP) is 2.01. The third-order valence-corrected chi connectivity index (χ3v) is 3.13. The molecule has 0 aliphatic rings. The van der Waals surface area contributed by atoms with Crippen molar-refractivity contribution in [2.45, 2.75) is 16.8 Å². The van der Waals surface area contributed by atoms with Crippen molar-refractivity contribution in [3.8, 4) is 5.75 Å². The standard InChI is InChI=1S/C11H10Cl2N4O3S/c12-11(13,6-17-9(5-21)14-15-16-17)20-8-4-2-1-3-7(8)10(18)19/h1-4,21H,5-6H2,(H,18,19). The van der Waals surface area contributed by atoms with E-state index >= 15 is 0 Å². The van der Waals surface area contributed by atoms with Crippen LogP contribution < -0.4 is 4.74 Å². The van der Waals surface area contributed by atoms with Crippen molar-refractivity contribution in [2.75, 3.05) is 0 Å². The molecule has 0 unspecified atom stereocenters. The quantitative estimate of drug-likeness (QED) is 0.613. The fourth-order valence-electron chi connectivity index (χ4n) is 1.56. The number of carbonyl (C=O) groups is 1. The second-order valence-corrected chi connectivity index (χ2v) is 5.68. The maximum Gasteiger partial charge on any atom is 0.339 e. The van der Waals surface area contributed by atoms with Crippen molar-refractivity contribution in [3.05, 3.63) is 35.7 Å². The minimum absolute atomic E-state index is 0.0469. The maximum atomic E-state index is 11.1. The van der Waals surface area contributed by atoms with Crippen LogP contribution in [0.1, 0.15) is 16.2 Å². The fourth-order valence-corrected chi connectivity index (χ4v) is 2.18. The van der Waals surface area contributed by atoms with E-state index in [4.69, 9.17) is 33.0 Å². The summed E-state index contributed by atoms with van der Waals surface area (Å²) in [7, 11) is 0. The van der Waals surface area contributed by atoms with Gasteiger partial charge in [-0.3, -0.25) is 0 Å². The third-order valence-electron chi connectivity index (χ3n) is 2.46. The lowest BCUT2D eigenvalue weighted by Crippen LogP contribution is -2.30. The number of thiol groups is 1. The van der Waals surface area contributed by atoms with Crippen LogP contribution in [0.3, 0.4) is 0 Å². The van der Waals surface area contributed by atoms with E-state index in [0.717, 1.165) is 0 Å². The van der Waals surface area contributed by atoms with Gasteiger partial charge in [0.1, 0.15) is 17.9 Å². The molecule has 1 N–H and O–H groups in total. The number of nitrogens with zero attached hydrogens (tertiary/aromatic N) is 4. The molecular formula is C11H10Cl2N4O3S. The highest BCUT2D eigenvalue weighted by Crippen LogP contribution is 2.30. The molecule has 0 aliphatic carbocycles. The molecule has 112 valence electrons. The first kappa shape index (κ1) is 15.9. The van der Waals surface area contributed by atoms with Crippen LogP contribution in [0.25, 0.3) is 0 Å². The second-order valence-electron chi connectivity index (χ2n) is 3.95. The van der Waals surface area contributed by atoms with E-state index in [2.05, 4.69) is 28.2 Å². The summed E-state index contributed by atoms with van der Waals surface area (Å²) in [6, 6.07) is 6.03.